The molecule has 0 aromatic heterocycles. The molecule has 4 nitrogen and oxygen atoms in total. The largest absolute Gasteiger partial charge is 0.495 e. The van der Waals surface area contributed by atoms with Crippen molar-refractivity contribution < 1.29 is 9.47 Å². The van der Waals surface area contributed by atoms with Gasteiger partial charge in [0.05, 0.1) is 18.9 Å². The average molecular weight is 264 g/mol. The molecule has 1 fully saturated rings. The molecule has 0 aliphatic carbocycles. The van der Waals surface area contributed by atoms with E-state index in [0.29, 0.717) is 17.8 Å². The lowest BCUT2D eigenvalue weighted by atomic mass is 10.1. The molecule has 2 unspecified atom stereocenters. The van der Waals surface area contributed by atoms with E-state index in [9.17, 15) is 0 Å². The van der Waals surface area contributed by atoms with E-state index in [4.69, 9.17) is 15.2 Å². The molecule has 106 valence electrons. The lowest BCUT2D eigenvalue weighted by Gasteiger charge is -2.17. The highest BCUT2D eigenvalue weighted by Crippen LogP contribution is 2.22. The van der Waals surface area contributed by atoms with E-state index < -0.39 is 0 Å². The van der Waals surface area contributed by atoms with E-state index in [0.717, 1.165) is 25.3 Å². The summed E-state index contributed by atoms with van der Waals surface area (Å²) in [5, 5.41) is 3.52. The standard InChI is InChI=1S/C15H24N2O2/c1-11(17-10-13-4-3-7-19-13)8-12-5-6-15(18-2)14(16)9-12/h5-6,9,11,13,17H,3-4,7-8,10,16H2,1-2H3. The Labute approximate surface area is 115 Å². The van der Waals surface area contributed by atoms with Crippen LogP contribution < -0.4 is 15.8 Å². The van der Waals surface area contributed by atoms with Crippen LogP contribution in [0, 0.1) is 0 Å². The van der Waals surface area contributed by atoms with Crippen LogP contribution in [0.4, 0.5) is 5.69 Å². The van der Waals surface area contributed by atoms with E-state index in [1.54, 1.807) is 7.11 Å². The third-order valence-electron chi connectivity index (χ3n) is 3.55. The van der Waals surface area contributed by atoms with Gasteiger partial charge in [-0.05, 0) is 43.9 Å². The van der Waals surface area contributed by atoms with Gasteiger partial charge < -0.3 is 20.5 Å². The van der Waals surface area contributed by atoms with Crippen molar-refractivity contribution in [3.05, 3.63) is 23.8 Å². The van der Waals surface area contributed by atoms with Crippen LogP contribution in [-0.4, -0.2) is 32.4 Å². The first-order chi connectivity index (χ1) is 9.19. The van der Waals surface area contributed by atoms with Crippen LogP contribution in [0.1, 0.15) is 25.3 Å². The number of nitrogens with two attached hydrogens (primary N) is 1. The lowest BCUT2D eigenvalue weighted by Crippen LogP contribution is -2.34. The molecule has 2 atom stereocenters. The second kappa shape index (κ2) is 6.78. The molecule has 0 spiro atoms. The maximum absolute atomic E-state index is 5.92. The number of methoxy groups -OCH3 is 1. The SMILES string of the molecule is COc1ccc(CC(C)NCC2CCCO2)cc1N. The van der Waals surface area contributed by atoms with Crippen molar-refractivity contribution in [1.29, 1.82) is 0 Å². The number of nitrogen functional groups attached to an aromatic ring is 1. The Morgan fingerprint density at radius 1 is 1.53 bits per heavy atom. The number of hydrogen-bond acceptors (Lipinski definition) is 4. The van der Waals surface area contributed by atoms with Crippen LogP contribution in [0.3, 0.4) is 0 Å². The van der Waals surface area contributed by atoms with Crippen LogP contribution in [0.5, 0.6) is 5.75 Å². The number of ether oxygens (including phenoxy) is 2. The smallest absolute Gasteiger partial charge is 0.141 e. The summed E-state index contributed by atoms with van der Waals surface area (Å²) >= 11 is 0. The Balaban J connectivity index is 1.80. The van der Waals surface area contributed by atoms with E-state index in [1.165, 1.54) is 18.4 Å². The molecular formula is C15H24N2O2. The minimum absolute atomic E-state index is 0.392. The van der Waals surface area contributed by atoms with Crippen LogP contribution in [0.2, 0.25) is 0 Å². The van der Waals surface area contributed by atoms with Gasteiger partial charge in [-0.2, -0.15) is 0 Å². The molecule has 1 aromatic rings. The molecule has 0 amide bonds. The van der Waals surface area contributed by atoms with Crippen molar-refractivity contribution in [2.45, 2.75) is 38.3 Å². The van der Waals surface area contributed by atoms with Gasteiger partial charge in [0.15, 0.2) is 0 Å². The molecule has 0 radical (unpaired) electrons. The number of rotatable bonds is 6. The summed E-state index contributed by atoms with van der Waals surface area (Å²) in [4.78, 5) is 0. The Kier molecular flexibility index (Phi) is 5.05. The van der Waals surface area contributed by atoms with Crippen molar-refractivity contribution in [1.82, 2.24) is 5.32 Å². The third-order valence-corrected chi connectivity index (χ3v) is 3.55. The highest BCUT2D eigenvalue weighted by Gasteiger charge is 2.16. The zero-order valence-electron chi connectivity index (χ0n) is 11.8. The van der Waals surface area contributed by atoms with Gasteiger partial charge in [-0.25, -0.2) is 0 Å². The Morgan fingerprint density at radius 2 is 2.37 bits per heavy atom. The highest BCUT2D eigenvalue weighted by atomic mass is 16.5. The van der Waals surface area contributed by atoms with Crippen molar-refractivity contribution in [3.63, 3.8) is 0 Å². The number of hydrogen-bond donors (Lipinski definition) is 2. The molecule has 19 heavy (non-hydrogen) atoms. The zero-order chi connectivity index (χ0) is 13.7. The summed E-state index contributed by atoms with van der Waals surface area (Å²) in [6, 6.07) is 6.40. The van der Waals surface area contributed by atoms with E-state index in [1.807, 2.05) is 12.1 Å². The lowest BCUT2D eigenvalue weighted by molar-refractivity contribution is 0.108. The predicted octanol–water partition coefficient (Wildman–Crippen LogP) is 1.98. The molecule has 1 heterocycles. The molecule has 0 saturated carbocycles. The normalized spacial score (nSPS) is 20.4. The zero-order valence-corrected chi connectivity index (χ0v) is 11.8. The summed E-state index contributed by atoms with van der Waals surface area (Å²) in [6.45, 7) is 4.04. The van der Waals surface area contributed by atoms with E-state index >= 15 is 0 Å². The summed E-state index contributed by atoms with van der Waals surface area (Å²) < 4.78 is 10.8. The van der Waals surface area contributed by atoms with Crippen LogP contribution in [0.25, 0.3) is 0 Å². The number of nitrogens with one attached hydrogen (secondary N) is 1. The molecule has 2 rings (SSSR count). The molecule has 4 heteroatoms. The fourth-order valence-corrected chi connectivity index (χ4v) is 2.47. The van der Waals surface area contributed by atoms with Crippen molar-refractivity contribution >= 4 is 5.69 Å². The monoisotopic (exact) mass is 264 g/mol. The van der Waals surface area contributed by atoms with Gasteiger partial charge in [-0.1, -0.05) is 6.07 Å². The van der Waals surface area contributed by atoms with Gasteiger partial charge in [0, 0.05) is 19.2 Å². The first-order valence-corrected chi connectivity index (χ1v) is 6.96. The third kappa shape index (κ3) is 4.11. The minimum Gasteiger partial charge on any atom is -0.495 e. The van der Waals surface area contributed by atoms with Crippen molar-refractivity contribution in [2.75, 3.05) is 26.0 Å². The maximum Gasteiger partial charge on any atom is 0.141 e. The van der Waals surface area contributed by atoms with Crippen LogP contribution in [0.15, 0.2) is 18.2 Å². The molecule has 1 aromatic carbocycles. The second-order valence-corrected chi connectivity index (χ2v) is 5.22. The van der Waals surface area contributed by atoms with Crippen LogP contribution in [-0.2, 0) is 11.2 Å². The quantitative estimate of drug-likeness (QED) is 0.771. The summed E-state index contributed by atoms with van der Waals surface area (Å²) in [6.07, 6.45) is 3.72. The molecule has 3 N–H and O–H groups in total. The predicted molar refractivity (Wildman–Crippen MR) is 77.5 cm³/mol. The highest BCUT2D eigenvalue weighted by molar-refractivity contribution is 5.54. The Bertz CT molecular complexity index is 403. The summed E-state index contributed by atoms with van der Waals surface area (Å²) in [5.74, 6) is 0.740. The summed E-state index contributed by atoms with van der Waals surface area (Å²) in [7, 11) is 1.64. The maximum atomic E-state index is 5.92. The van der Waals surface area contributed by atoms with Gasteiger partial charge in [0.1, 0.15) is 5.75 Å². The first-order valence-electron chi connectivity index (χ1n) is 6.96. The fourth-order valence-electron chi connectivity index (χ4n) is 2.47. The van der Waals surface area contributed by atoms with Gasteiger partial charge in [-0.15, -0.1) is 0 Å². The number of anilines is 1. The van der Waals surface area contributed by atoms with Gasteiger partial charge >= 0.3 is 0 Å². The number of benzene rings is 1. The first kappa shape index (κ1) is 14.2. The van der Waals surface area contributed by atoms with Gasteiger partial charge in [0.2, 0.25) is 0 Å². The molecule has 1 aliphatic heterocycles. The molecular weight excluding hydrogens is 240 g/mol. The van der Waals surface area contributed by atoms with Crippen molar-refractivity contribution in [3.8, 4) is 5.75 Å². The van der Waals surface area contributed by atoms with Gasteiger partial charge in [0.25, 0.3) is 0 Å². The molecule has 1 saturated heterocycles. The Morgan fingerprint density at radius 3 is 3.00 bits per heavy atom. The van der Waals surface area contributed by atoms with E-state index in [2.05, 4.69) is 18.3 Å². The Hall–Kier alpha value is -1.26. The topological polar surface area (TPSA) is 56.5 Å². The van der Waals surface area contributed by atoms with Crippen LogP contribution >= 0.6 is 0 Å². The van der Waals surface area contributed by atoms with Crippen molar-refractivity contribution in [2.24, 2.45) is 0 Å². The molecule has 1 aliphatic rings. The minimum atomic E-state index is 0.392. The molecule has 0 bridgehead atoms. The summed E-state index contributed by atoms with van der Waals surface area (Å²) in [5.41, 5.74) is 7.84. The van der Waals surface area contributed by atoms with E-state index in [-0.39, 0.29) is 0 Å². The fraction of sp³-hybridized carbons (Fsp3) is 0.600. The van der Waals surface area contributed by atoms with Gasteiger partial charge in [-0.3, -0.25) is 0 Å². The average Bonchev–Trinajstić information content (AvgIpc) is 2.90. The second-order valence-electron chi connectivity index (χ2n) is 5.22.